The normalized spacial score (nSPS) is 8.50. The molecule has 62 valence electrons. The molecule has 1 aromatic heterocycles. The molecule has 0 amide bonds. The SMILES string of the molecule is COc1ccc(C#CCCl)cn1. The first-order valence-electron chi connectivity index (χ1n) is 3.41. The Hall–Kier alpha value is -1.20. The van der Waals surface area contributed by atoms with Crippen molar-refractivity contribution in [2.45, 2.75) is 0 Å². The second kappa shape index (κ2) is 4.63. The number of pyridine rings is 1. The monoisotopic (exact) mass is 181 g/mol. The van der Waals surface area contributed by atoms with E-state index in [1.807, 2.05) is 6.07 Å². The summed E-state index contributed by atoms with van der Waals surface area (Å²) in [5.41, 5.74) is 0.844. The van der Waals surface area contributed by atoms with Crippen LogP contribution in [0.2, 0.25) is 0 Å². The Balaban J connectivity index is 2.78. The zero-order valence-electron chi connectivity index (χ0n) is 6.67. The molecular weight excluding hydrogens is 174 g/mol. The van der Waals surface area contributed by atoms with Gasteiger partial charge in [-0.3, -0.25) is 0 Å². The van der Waals surface area contributed by atoms with Crippen LogP contribution in [0.1, 0.15) is 5.56 Å². The third kappa shape index (κ3) is 2.44. The second-order valence-corrected chi connectivity index (χ2v) is 2.29. The van der Waals surface area contributed by atoms with Crippen LogP contribution in [0.25, 0.3) is 0 Å². The maximum atomic E-state index is 5.39. The zero-order chi connectivity index (χ0) is 8.81. The van der Waals surface area contributed by atoms with Crippen molar-refractivity contribution < 1.29 is 4.74 Å². The highest BCUT2D eigenvalue weighted by molar-refractivity contribution is 6.19. The van der Waals surface area contributed by atoms with Crippen LogP contribution in [0.15, 0.2) is 18.3 Å². The summed E-state index contributed by atoms with van der Waals surface area (Å²) < 4.78 is 4.89. The van der Waals surface area contributed by atoms with Gasteiger partial charge in [0.05, 0.1) is 13.0 Å². The largest absolute Gasteiger partial charge is 0.481 e. The summed E-state index contributed by atoms with van der Waals surface area (Å²) in [4.78, 5) is 3.98. The van der Waals surface area contributed by atoms with Gasteiger partial charge in [-0.05, 0) is 6.07 Å². The lowest BCUT2D eigenvalue weighted by atomic mass is 10.3. The van der Waals surface area contributed by atoms with E-state index in [-0.39, 0.29) is 0 Å². The number of halogens is 1. The van der Waals surface area contributed by atoms with Gasteiger partial charge in [-0.1, -0.05) is 11.8 Å². The van der Waals surface area contributed by atoms with Crippen molar-refractivity contribution in [2.24, 2.45) is 0 Å². The number of methoxy groups -OCH3 is 1. The summed E-state index contributed by atoms with van der Waals surface area (Å²) in [6.45, 7) is 0. The molecule has 12 heavy (non-hydrogen) atoms. The maximum Gasteiger partial charge on any atom is 0.212 e. The standard InChI is InChI=1S/C9H8ClNO/c1-12-9-5-4-8(7-11-9)3-2-6-10/h4-5,7H,6H2,1H3. The molecule has 0 aromatic carbocycles. The highest BCUT2D eigenvalue weighted by Gasteiger charge is 1.90. The van der Waals surface area contributed by atoms with Crippen LogP contribution in [-0.2, 0) is 0 Å². The molecule has 2 nitrogen and oxygen atoms in total. The molecule has 0 spiro atoms. The van der Waals surface area contributed by atoms with Crippen molar-refractivity contribution in [3.63, 3.8) is 0 Å². The van der Waals surface area contributed by atoms with Crippen molar-refractivity contribution in [2.75, 3.05) is 13.0 Å². The van der Waals surface area contributed by atoms with Crippen molar-refractivity contribution in [3.8, 4) is 17.7 Å². The number of alkyl halides is 1. The molecule has 0 fully saturated rings. The van der Waals surface area contributed by atoms with Gasteiger partial charge < -0.3 is 4.74 Å². The van der Waals surface area contributed by atoms with Crippen molar-refractivity contribution in [1.82, 2.24) is 4.98 Å². The van der Waals surface area contributed by atoms with Gasteiger partial charge >= 0.3 is 0 Å². The van der Waals surface area contributed by atoms with Crippen molar-refractivity contribution in [1.29, 1.82) is 0 Å². The van der Waals surface area contributed by atoms with Crippen LogP contribution in [0, 0.1) is 11.8 Å². The lowest BCUT2D eigenvalue weighted by Crippen LogP contribution is -1.86. The first-order valence-corrected chi connectivity index (χ1v) is 3.95. The van der Waals surface area contributed by atoms with E-state index in [4.69, 9.17) is 16.3 Å². The van der Waals surface area contributed by atoms with E-state index in [0.29, 0.717) is 11.8 Å². The maximum absolute atomic E-state index is 5.39. The van der Waals surface area contributed by atoms with Crippen LogP contribution in [-0.4, -0.2) is 18.0 Å². The fraction of sp³-hybridized carbons (Fsp3) is 0.222. The highest BCUT2D eigenvalue weighted by atomic mass is 35.5. The molecule has 1 aromatic rings. The average Bonchev–Trinajstić information content (AvgIpc) is 2.15. The highest BCUT2D eigenvalue weighted by Crippen LogP contribution is 2.04. The fourth-order valence-electron chi connectivity index (χ4n) is 0.710. The van der Waals surface area contributed by atoms with E-state index < -0.39 is 0 Å². The van der Waals surface area contributed by atoms with Gasteiger partial charge in [0.1, 0.15) is 0 Å². The molecule has 0 aliphatic carbocycles. The first-order chi connectivity index (χ1) is 5.86. The molecular formula is C9H8ClNO. The summed E-state index contributed by atoms with van der Waals surface area (Å²) in [6, 6.07) is 3.60. The summed E-state index contributed by atoms with van der Waals surface area (Å²) >= 11 is 5.39. The number of rotatable bonds is 1. The molecule has 3 heteroatoms. The minimum absolute atomic E-state index is 0.339. The molecule has 1 rings (SSSR count). The Morgan fingerprint density at radius 3 is 2.92 bits per heavy atom. The van der Waals surface area contributed by atoms with Gasteiger partial charge in [-0.2, -0.15) is 0 Å². The number of hydrogen-bond donors (Lipinski definition) is 0. The average molecular weight is 182 g/mol. The molecule has 0 bridgehead atoms. The van der Waals surface area contributed by atoms with E-state index >= 15 is 0 Å². The summed E-state index contributed by atoms with van der Waals surface area (Å²) in [7, 11) is 1.58. The summed E-state index contributed by atoms with van der Waals surface area (Å²) in [6.07, 6.45) is 1.65. The van der Waals surface area contributed by atoms with Gasteiger partial charge in [-0.25, -0.2) is 4.98 Å². The molecule has 0 saturated carbocycles. The summed E-state index contributed by atoms with van der Waals surface area (Å²) in [5, 5.41) is 0. The van der Waals surface area contributed by atoms with Crippen LogP contribution >= 0.6 is 11.6 Å². The number of hydrogen-bond acceptors (Lipinski definition) is 2. The summed E-state index contributed by atoms with van der Waals surface area (Å²) in [5.74, 6) is 6.51. The number of aromatic nitrogens is 1. The van der Waals surface area contributed by atoms with Crippen LogP contribution in [0.3, 0.4) is 0 Å². The lowest BCUT2D eigenvalue weighted by molar-refractivity contribution is 0.398. The first kappa shape index (κ1) is 8.89. The molecule has 1 heterocycles. The van der Waals surface area contributed by atoms with E-state index in [1.54, 1.807) is 19.4 Å². The van der Waals surface area contributed by atoms with Crippen molar-refractivity contribution >= 4 is 11.6 Å². The van der Waals surface area contributed by atoms with Crippen molar-refractivity contribution in [3.05, 3.63) is 23.9 Å². The lowest BCUT2D eigenvalue weighted by Gasteiger charge is -1.95. The predicted molar refractivity (Wildman–Crippen MR) is 48.4 cm³/mol. The van der Waals surface area contributed by atoms with Gasteiger partial charge in [-0.15, -0.1) is 11.6 Å². The third-order valence-corrected chi connectivity index (χ3v) is 1.38. The number of nitrogens with zero attached hydrogens (tertiary/aromatic N) is 1. The molecule has 0 radical (unpaired) electrons. The Labute approximate surface area is 76.5 Å². The minimum Gasteiger partial charge on any atom is -0.481 e. The molecule has 0 N–H and O–H groups in total. The zero-order valence-corrected chi connectivity index (χ0v) is 7.43. The molecule has 0 saturated heterocycles. The Kier molecular flexibility index (Phi) is 3.43. The fourth-order valence-corrected chi connectivity index (χ4v) is 0.777. The molecule has 0 unspecified atom stereocenters. The Morgan fingerprint density at radius 1 is 1.58 bits per heavy atom. The van der Waals surface area contributed by atoms with Gasteiger partial charge in [0.2, 0.25) is 5.88 Å². The van der Waals surface area contributed by atoms with Crippen LogP contribution in [0.5, 0.6) is 5.88 Å². The van der Waals surface area contributed by atoms with E-state index in [1.165, 1.54) is 0 Å². The van der Waals surface area contributed by atoms with E-state index in [0.717, 1.165) is 5.56 Å². The van der Waals surface area contributed by atoms with E-state index in [2.05, 4.69) is 16.8 Å². The number of ether oxygens (including phenoxy) is 1. The Bertz CT molecular complexity index is 297. The van der Waals surface area contributed by atoms with E-state index in [9.17, 15) is 0 Å². The van der Waals surface area contributed by atoms with Gasteiger partial charge in [0.15, 0.2) is 0 Å². The molecule has 0 aliphatic rings. The van der Waals surface area contributed by atoms with Gasteiger partial charge in [0, 0.05) is 17.8 Å². The van der Waals surface area contributed by atoms with Crippen LogP contribution < -0.4 is 4.74 Å². The third-order valence-electron chi connectivity index (χ3n) is 1.25. The smallest absolute Gasteiger partial charge is 0.212 e. The Morgan fingerprint density at radius 2 is 2.42 bits per heavy atom. The minimum atomic E-state index is 0.339. The van der Waals surface area contributed by atoms with Gasteiger partial charge in [0.25, 0.3) is 0 Å². The second-order valence-electron chi connectivity index (χ2n) is 2.02. The molecule has 0 atom stereocenters. The van der Waals surface area contributed by atoms with Crippen LogP contribution in [0.4, 0.5) is 0 Å². The molecule has 0 aliphatic heterocycles. The topological polar surface area (TPSA) is 22.1 Å². The predicted octanol–water partition coefficient (Wildman–Crippen LogP) is 1.68. The quantitative estimate of drug-likeness (QED) is 0.486.